The second kappa shape index (κ2) is 8.56. The molecule has 3 aromatic heterocycles. The lowest BCUT2D eigenvalue weighted by Crippen LogP contribution is -2.10. The Hall–Kier alpha value is -3.74. The van der Waals surface area contributed by atoms with Gasteiger partial charge < -0.3 is 4.57 Å². The van der Waals surface area contributed by atoms with Gasteiger partial charge in [0.05, 0.1) is 10.6 Å². The molecule has 0 aliphatic rings. The fourth-order valence-electron chi connectivity index (χ4n) is 3.22. The highest BCUT2D eigenvalue weighted by Gasteiger charge is 2.33. The Bertz CT molecular complexity index is 1480. The first-order valence-corrected chi connectivity index (χ1v) is 11.4. The van der Waals surface area contributed by atoms with Crippen molar-refractivity contribution >= 4 is 9.84 Å². The summed E-state index contributed by atoms with van der Waals surface area (Å²) in [7, 11) is -2.38. The first kappa shape index (κ1) is 23.4. The molecule has 4 aromatic rings. The van der Waals surface area contributed by atoms with Gasteiger partial charge in [0, 0.05) is 18.8 Å². The minimum Gasteiger partial charge on any atom is -0.307 e. The number of hydrogen-bond donors (Lipinski definition) is 0. The van der Waals surface area contributed by atoms with Gasteiger partial charge in [-0.05, 0) is 29.8 Å². The number of rotatable bonds is 5. The van der Waals surface area contributed by atoms with Crippen LogP contribution in [-0.4, -0.2) is 43.9 Å². The van der Waals surface area contributed by atoms with Crippen LogP contribution in [0.2, 0.25) is 0 Å². The van der Waals surface area contributed by atoms with Crippen LogP contribution in [0.5, 0.6) is 0 Å². The van der Waals surface area contributed by atoms with E-state index in [1.165, 1.54) is 49.0 Å². The monoisotopic (exact) mass is 492 g/mol. The molecule has 3 heterocycles. The summed E-state index contributed by atoms with van der Waals surface area (Å²) in [5, 5.41) is 7.86. The number of alkyl halides is 3. The molecule has 8 nitrogen and oxygen atoms in total. The van der Waals surface area contributed by atoms with E-state index in [2.05, 4.69) is 25.1 Å². The van der Waals surface area contributed by atoms with Gasteiger partial charge in [-0.2, -0.15) is 13.2 Å². The smallest absolute Gasteiger partial charge is 0.307 e. The zero-order chi connectivity index (χ0) is 24.7. The van der Waals surface area contributed by atoms with Crippen LogP contribution >= 0.6 is 0 Å². The van der Waals surface area contributed by atoms with Gasteiger partial charge in [0.2, 0.25) is 0 Å². The first-order valence-electron chi connectivity index (χ1n) is 9.79. The molecule has 0 radical (unpaired) electrons. The van der Waals surface area contributed by atoms with Gasteiger partial charge in [-0.25, -0.2) is 22.8 Å². The van der Waals surface area contributed by atoms with Gasteiger partial charge in [-0.15, -0.1) is 10.2 Å². The van der Waals surface area contributed by atoms with Gasteiger partial charge in [0.15, 0.2) is 21.5 Å². The van der Waals surface area contributed by atoms with Crippen molar-refractivity contribution in [1.29, 1.82) is 0 Å². The van der Waals surface area contributed by atoms with E-state index in [1.807, 2.05) is 0 Å². The van der Waals surface area contributed by atoms with Crippen LogP contribution in [-0.2, 0) is 23.1 Å². The second-order valence-electron chi connectivity index (χ2n) is 7.18. The molecular formula is C21H16F4N6O2S. The standard InChI is InChI=1S/C21H16F4N6O2S/c1-3-34(32,33)16-8-13(12-5-4-6-14(22)7-12)10-26-18(16)20-30-29-19(31(20)2)15-9-17(21(23,24)25)28-11-27-15/h4-11H,3H2,1-2H3. The van der Waals surface area contributed by atoms with Crippen molar-refractivity contribution < 1.29 is 26.0 Å². The number of nitrogens with zero attached hydrogens (tertiary/aromatic N) is 6. The summed E-state index contributed by atoms with van der Waals surface area (Å²) in [5.41, 5.74) is -0.573. The summed E-state index contributed by atoms with van der Waals surface area (Å²) < 4.78 is 79.9. The Labute approximate surface area is 191 Å². The molecule has 0 unspecified atom stereocenters. The van der Waals surface area contributed by atoms with Crippen LogP contribution in [0.4, 0.5) is 17.6 Å². The topological polar surface area (TPSA) is 104 Å². The SMILES string of the molecule is CCS(=O)(=O)c1cc(-c2cccc(F)c2)cnc1-c1nnc(-c2cc(C(F)(F)F)ncn2)n1C. The van der Waals surface area contributed by atoms with Crippen molar-refractivity contribution in [3.05, 3.63) is 60.4 Å². The van der Waals surface area contributed by atoms with E-state index in [0.29, 0.717) is 11.1 Å². The second-order valence-corrected chi connectivity index (χ2v) is 9.42. The normalized spacial score (nSPS) is 12.2. The number of sulfone groups is 1. The highest BCUT2D eigenvalue weighted by molar-refractivity contribution is 7.91. The Morgan fingerprint density at radius 1 is 0.971 bits per heavy atom. The van der Waals surface area contributed by atoms with Crippen molar-refractivity contribution in [3.8, 4) is 34.2 Å². The van der Waals surface area contributed by atoms with Gasteiger partial charge in [-0.3, -0.25) is 4.98 Å². The van der Waals surface area contributed by atoms with Crippen molar-refractivity contribution in [2.24, 2.45) is 7.05 Å². The minimum absolute atomic E-state index is 0.0000110. The summed E-state index contributed by atoms with van der Waals surface area (Å²) in [5.74, 6) is -0.791. The Morgan fingerprint density at radius 2 is 1.71 bits per heavy atom. The molecule has 34 heavy (non-hydrogen) atoms. The van der Waals surface area contributed by atoms with E-state index in [1.54, 1.807) is 6.07 Å². The maximum atomic E-state index is 13.7. The van der Waals surface area contributed by atoms with Crippen LogP contribution < -0.4 is 0 Å². The highest BCUT2D eigenvalue weighted by atomic mass is 32.2. The third-order valence-electron chi connectivity index (χ3n) is 5.00. The molecule has 0 spiro atoms. The molecule has 0 bridgehead atoms. The number of hydrogen-bond acceptors (Lipinski definition) is 7. The quantitative estimate of drug-likeness (QED) is 0.389. The summed E-state index contributed by atoms with van der Waals surface area (Å²) in [6.45, 7) is 1.45. The van der Waals surface area contributed by atoms with E-state index < -0.39 is 27.5 Å². The first-order chi connectivity index (χ1) is 16.0. The maximum Gasteiger partial charge on any atom is 0.433 e. The zero-order valence-corrected chi connectivity index (χ0v) is 18.6. The van der Waals surface area contributed by atoms with Crippen LogP contribution in [0, 0.1) is 5.82 Å². The van der Waals surface area contributed by atoms with Gasteiger partial charge >= 0.3 is 6.18 Å². The lowest BCUT2D eigenvalue weighted by Gasteiger charge is -2.11. The lowest BCUT2D eigenvalue weighted by atomic mass is 10.1. The highest BCUT2D eigenvalue weighted by Crippen LogP contribution is 2.32. The Balaban J connectivity index is 1.87. The third-order valence-corrected chi connectivity index (χ3v) is 6.74. The van der Waals surface area contributed by atoms with E-state index in [0.717, 1.165) is 12.4 Å². The van der Waals surface area contributed by atoms with E-state index in [-0.39, 0.29) is 33.7 Å². The van der Waals surface area contributed by atoms with E-state index in [9.17, 15) is 26.0 Å². The van der Waals surface area contributed by atoms with Gasteiger partial charge in [0.25, 0.3) is 0 Å². The van der Waals surface area contributed by atoms with Crippen LogP contribution in [0.3, 0.4) is 0 Å². The van der Waals surface area contributed by atoms with E-state index in [4.69, 9.17) is 0 Å². The number of benzene rings is 1. The molecule has 0 amide bonds. The molecular weight excluding hydrogens is 476 g/mol. The molecule has 1 aromatic carbocycles. The molecule has 176 valence electrons. The van der Waals surface area contributed by atoms with Crippen LogP contribution in [0.15, 0.2) is 53.8 Å². The van der Waals surface area contributed by atoms with Gasteiger partial charge in [-0.1, -0.05) is 19.1 Å². The molecule has 13 heteroatoms. The summed E-state index contributed by atoms with van der Waals surface area (Å²) >= 11 is 0. The van der Waals surface area contributed by atoms with Crippen molar-refractivity contribution in [3.63, 3.8) is 0 Å². The lowest BCUT2D eigenvalue weighted by molar-refractivity contribution is -0.141. The molecule has 0 saturated heterocycles. The number of aromatic nitrogens is 6. The average Bonchev–Trinajstić information content (AvgIpc) is 3.19. The van der Waals surface area contributed by atoms with Gasteiger partial charge in [0.1, 0.15) is 29.2 Å². The molecule has 0 aliphatic heterocycles. The predicted molar refractivity (Wildman–Crippen MR) is 113 cm³/mol. The largest absolute Gasteiger partial charge is 0.433 e. The predicted octanol–water partition coefficient (Wildman–Crippen LogP) is 3.95. The Kier molecular flexibility index (Phi) is 5.89. The Morgan fingerprint density at radius 3 is 2.38 bits per heavy atom. The number of halogens is 4. The molecule has 0 N–H and O–H groups in total. The fourth-order valence-corrected chi connectivity index (χ4v) is 4.28. The van der Waals surface area contributed by atoms with Crippen LogP contribution in [0.25, 0.3) is 34.2 Å². The van der Waals surface area contributed by atoms with E-state index >= 15 is 0 Å². The molecule has 0 fully saturated rings. The molecule has 0 aliphatic carbocycles. The average molecular weight is 492 g/mol. The van der Waals surface area contributed by atoms with Crippen molar-refractivity contribution in [2.75, 3.05) is 5.75 Å². The van der Waals surface area contributed by atoms with Crippen LogP contribution in [0.1, 0.15) is 12.6 Å². The van der Waals surface area contributed by atoms with Crippen molar-refractivity contribution in [2.45, 2.75) is 18.0 Å². The summed E-state index contributed by atoms with van der Waals surface area (Å²) in [6, 6.07) is 7.67. The van der Waals surface area contributed by atoms with Crippen molar-refractivity contribution in [1.82, 2.24) is 29.7 Å². The maximum absolute atomic E-state index is 13.7. The third kappa shape index (κ3) is 4.38. The number of pyridine rings is 1. The molecule has 0 saturated carbocycles. The molecule has 4 rings (SSSR count). The summed E-state index contributed by atoms with van der Waals surface area (Å²) in [4.78, 5) is 11.1. The fraction of sp³-hybridized carbons (Fsp3) is 0.190. The molecule has 0 atom stereocenters. The summed E-state index contributed by atoms with van der Waals surface area (Å²) in [6.07, 6.45) is -2.57. The zero-order valence-electron chi connectivity index (χ0n) is 17.7. The minimum atomic E-state index is -4.68.